The number of likely N-dealkylation sites (tertiary alicyclic amines) is 1. The minimum Gasteiger partial charge on any atom is -0.507 e. The topological polar surface area (TPSA) is 84.4 Å². The normalized spacial score (nSPS) is 21.7. The van der Waals surface area contributed by atoms with Crippen LogP contribution in [0.15, 0.2) is 46.6 Å². The minimum absolute atomic E-state index is 0.0902. The van der Waals surface area contributed by atoms with E-state index in [1.54, 1.807) is 12.1 Å². The second-order valence-corrected chi connectivity index (χ2v) is 8.29. The van der Waals surface area contributed by atoms with Gasteiger partial charge in [-0.1, -0.05) is 17.7 Å². The van der Waals surface area contributed by atoms with Gasteiger partial charge in [0.2, 0.25) is 0 Å². The Morgan fingerprint density at radius 1 is 1.19 bits per heavy atom. The molecular weight excluding hydrogens is 396 g/mol. The fourth-order valence-electron chi connectivity index (χ4n) is 4.40. The molecule has 164 valence electrons. The van der Waals surface area contributed by atoms with Crippen LogP contribution in [0.25, 0.3) is 5.76 Å². The highest BCUT2D eigenvalue weighted by Crippen LogP contribution is 2.40. The van der Waals surface area contributed by atoms with Crippen molar-refractivity contribution in [3.8, 4) is 0 Å². The van der Waals surface area contributed by atoms with E-state index in [1.165, 1.54) is 16.1 Å². The minimum atomic E-state index is -0.727. The van der Waals surface area contributed by atoms with Gasteiger partial charge in [-0.05, 0) is 37.6 Å². The molecule has 0 aliphatic carbocycles. The molecule has 2 N–H and O–H groups in total. The molecule has 2 aliphatic rings. The van der Waals surface area contributed by atoms with E-state index in [4.69, 9.17) is 9.15 Å². The molecule has 3 heterocycles. The average molecular weight is 426 g/mol. The zero-order valence-electron chi connectivity index (χ0n) is 18.0. The molecule has 2 saturated heterocycles. The van der Waals surface area contributed by atoms with E-state index in [2.05, 4.69) is 0 Å². The third kappa shape index (κ3) is 4.29. The highest BCUT2D eigenvalue weighted by atomic mass is 16.5. The van der Waals surface area contributed by atoms with Gasteiger partial charge < -0.3 is 24.1 Å². The Hall–Kier alpha value is -2.90. The van der Waals surface area contributed by atoms with E-state index in [1.807, 2.05) is 32.0 Å². The summed E-state index contributed by atoms with van der Waals surface area (Å²) in [5.74, 6) is -0.934. The van der Waals surface area contributed by atoms with Gasteiger partial charge in [0.05, 0.1) is 31.6 Å². The standard InChI is InChI=1S/C24H28N2O5/c1-16-6-7-17(2)18(15-16)22(27)20-21(19-5-3-12-31-19)26(24(29)23(20)28)9-4-8-25-10-13-30-14-11-25/h3,5-7,12,15,21,27H,4,8-11,13-14H2,1-2H3/p+1/t21-/m1/s1. The Balaban J connectivity index is 1.65. The van der Waals surface area contributed by atoms with Crippen molar-refractivity contribution in [2.75, 3.05) is 39.4 Å². The number of benzene rings is 1. The van der Waals surface area contributed by atoms with Crippen molar-refractivity contribution in [3.63, 3.8) is 0 Å². The van der Waals surface area contributed by atoms with Crippen LogP contribution in [0, 0.1) is 13.8 Å². The van der Waals surface area contributed by atoms with Crippen LogP contribution in [0.3, 0.4) is 0 Å². The van der Waals surface area contributed by atoms with Gasteiger partial charge in [-0.3, -0.25) is 9.59 Å². The van der Waals surface area contributed by atoms with Crippen molar-refractivity contribution in [2.45, 2.75) is 26.3 Å². The number of amides is 1. The number of quaternary nitrogens is 1. The van der Waals surface area contributed by atoms with Crippen LogP contribution < -0.4 is 4.90 Å². The predicted molar refractivity (Wildman–Crippen MR) is 115 cm³/mol. The monoisotopic (exact) mass is 425 g/mol. The first-order valence-electron chi connectivity index (χ1n) is 10.8. The number of aliphatic hydroxyl groups excluding tert-OH is 1. The number of rotatable bonds is 6. The zero-order valence-corrected chi connectivity index (χ0v) is 18.0. The summed E-state index contributed by atoms with van der Waals surface area (Å²) in [5.41, 5.74) is 2.45. The fraction of sp³-hybridized carbons (Fsp3) is 0.417. The molecule has 7 heteroatoms. The number of nitrogens with one attached hydrogen (secondary N) is 1. The van der Waals surface area contributed by atoms with E-state index in [0.717, 1.165) is 50.4 Å². The van der Waals surface area contributed by atoms with Gasteiger partial charge in [0.1, 0.15) is 30.7 Å². The van der Waals surface area contributed by atoms with Crippen LogP contribution in [0.2, 0.25) is 0 Å². The quantitative estimate of drug-likeness (QED) is 0.418. The van der Waals surface area contributed by atoms with Crippen LogP contribution in [0.5, 0.6) is 0 Å². The summed E-state index contributed by atoms with van der Waals surface area (Å²) in [4.78, 5) is 29.0. The average Bonchev–Trinajstić information content (AvgIpc) is 3.38. The summed E-state index contributed by atoms with van der Waals surface area (Å²) < 4.78 is 11.0. The maximum Gasteiger partial charge on any atom is 0.295 e. The summed E-state index contributed by atoms with van der Waals surface area (Å²) in [7, 11) is 0. The van der Waals surface area contributed by atoms with Crippen LogP contribution >= 0.6 is 0 Å². The highest BCUT2D eigenvalue weighted by molar-refractivity contribution is 6.46. The van der Waals surface area contributed by atoms with Crippen molar-refractivity contribution in [1.29, 1.82) is 0 Å². The van der Waals surface area contributed by atoms with Crippen molar-refractivity contribution in [2.24, 2.45) is 0 Å². The molecular formula is C24H29N2O5+. The number of aliphatic hydroxyl groups is 1. The molecule has 0 bridgehead atoms. The molecule has 7 nitrogen and oxygen atoms in total. The molecule has 4 rings (SSSR count). The maximum atomic E-state index is 13.0. The molecule has 31 heavy (non-hydrogen) atoms. The number of hydrogen-bond donors (Lipinski definition) is 2. The number of carbonyl (C=O) groups is 2. The Morgan fingerprint density at radius 2 is 1.97 bits per heavy atom. The number of aryl methyl sites for hydroxylation is 2. The molecule has 1 amide bonds. The predicted octanol–water partition coefficient (Wildman–Crippen LogP) is 1.62. The van der Waals surface area contributed by atoms with E-state index in [9.17, 15) is 14.7 Å². The van der Waals surface area contributed by atoms with Gasteiger partial charge in [-0.15, -0.1) is 0 Å². The number of carbonyl (C=O) groups excluding carboxylic acids is 2. The van der Waals surface area contributed by atoms with Gasteiger partial charge in [0.25, 0.3) is 11.7 Å². The zero-order chi connectivity index (χ0) is 22.0. The van der Waals surface area contributed by atoms with Crippen LogP contribution in [-0.4, -0.2) is 61.1 Å². The number of furan rings is 1. The lowest BCUT2D eigenvalue weighted by Crippen LogP contribution is -3.14. The van der Waals surface area contributed by atoms with Crippen molar-refractivity contribution in [1.82, 2.24) is 4.90 Å². The number of ether oxygens (including phenoxy) is 1. The molecule has 0 unspecified atom stereocenters. The lowest BCUT2D eigenvalue weighted by Gasteiger charge is -2.26. The molecule has 2 fully saturated rings. The first kappa shape index (κ1) is 21.3. The SMILES string of the molecule is Cc1ccc(C)c(C(O)=C2C(=O)C(=O)N(CCC[NH+]3CCOCC3)[C@@H]2c2ccco2)c1. The molecule has 0 radical (unpaired) electrons. The van der Waals surface area contributed by atoms with Gasteiger partial charge in [-0.2, -0.15) is 0 Å². The maximum absolute atomic E-state index is 13.0. The van der Waals surface area contributed by atoms with E-state index in [0.29, 0.717) is 17.9 Å². The molecule has 0 spiro atoms. The van der Waals surface area contributed by atoms with Crippen LogP contribution in [-0.2, 0) is 14.3 Å². The summed E-state index contributed by atoms with van der Waals surface area (Å²) in [6, 6.07) is 8.42. The van der Waals surface area contributed by atoms with Crippen molar-refractivity contribution < 1.29 is 28.7 Å². The van der Waals surface area contributed by atoms with Gasteiger partial charge in [0.15, 0.2) is 0 Å². The summed E-state index contributed by atoms with van der Waals surface area (Å²) in [5, 5.41) is 11.2. The van der Waals surface area contributed by atoms with E-state index >= 15 is 0 Å². The third-order valence-corrected chi connectivity index (χ3v) is 6.13. The molecule has 1 aromatic heterocycles. The van der Waals surface area contributed by atoms with Gasteiger partial charge >= 0.3 is 0 Å². The lowest BCUT2D eigenvalue weighted by molar-refractivity contribution is -0.908. The largest absolute Gasteiger partial charge is 0.507 e. The van der Waals surface area contributed by atoms with Crippen molar-refractivity contribution in [3.05, 3.63) is 64.6 Å². The van der Waals surface area contributed by atoms with Crippen LogP contribution in [0.1, 0.15) is 34.9 Å². The number of morpholine rings is 1. The molecule has 2 aliphatic heterocycles. The number of nitrogens with zero attached hydrogens (tertiary/aromatic N) is 1. The Kier molecular flexibility index (Phi) is 6.25. The molecule has 1 aromatic carbocycles. The highest BCUT2D eigenvalue weighted by Gasteiger charge is 2.47. The molecule has 1 atom stereocenters. The van der Waals surface area contributed by atoms with Gasteiger partial charge in [-0.25, -0.2) is 0 Å². The van der Waals surface area contributed by atoms with Crippen LogP contribution in [0.4, 0.5) is 0 Å². The number of ketones is 1. The Bertz CT molecular complexity index is 989. The Labute approximate surface area is 181 Å². The molecule has 0 saturated carbocycles. The van der Waals surface area contributed by atoms with E-state index in [-0.39, 0.29) is 11.3 Å². The number of hydrogen-bond acceptors (Lipinski definition) is 5. The first-order valence-corrected chi connectivity index (χ1v) is 10.8. The summed E-state index contributed by atoms with van der Waals surface area (Å²) >= 11 is 0. The second kappa shape index (κ2) is 9.08. The fourth-order valence-corrected chi connectivity index (χ4v) is 4.40. The summed E-state index contributed by atoms with van der Waals surface area (Å²) in [6.07, 6.45) is 2.27. The van der Waals surface area contributed by atoms with Crippen molar-refractivity contribution >= 4 is 17.4 Å². The second-order valence-electron chi connectivity index (χ2n) is 8.29. The van der Waals surface area contributed by atoms with E-state index < -0.39 is 17.7 Å². The summed E-state index contributed by atoms with van der Waals surface area (Å²) in [6.45, 7) is 8.52. The number of Topliss-reactive ketones (excluding diaryl/α,β-unsaturated/α-hetero) is 1. The van der Waals surface area contributed by atoms with Gasteiger partial charge in [0, 0.05) is 18.5 Å². The third-order valence-electron chi connectivity index (χ3n) is 6.13. The first-order chi connectivity index (χ1) is 15.0. The Morgan fingerprint density at radius 3 is 2.68 bits per heavy atom. The smallest absolute Gasteiger partial charge is 0.295 e. The molecule has 2 aromatic rings. The lowest BCUT2D eigenvalue weighted by atomic mass is 9.96.